The van der Waals surface area contributed by atoms with Crippen LogP contribution in [0.5, 0.6) is 0 Å². The topological polar surface area (TPSA) is 13.1 Å². The molecule has 1 heteroatoms. The van der Waals surface area contributed by atoms with E-state index in [1.54, 1.807) is 0 Å². The standard InChI is InChI=1S/C43H32O/c1-28(23-26-40-29(2)33-15-11-12-22-41(33)44-40)42-36-18-7-9-20-38(36)43(39-21-10-8-19-37(39)42)35-17-6-5-16-34(35)32-25-24-30-13-3-4-14-31(30)27-32/h3-9,11-20,22-27H,2,10,21H2,1H3/b28-23+,40-26+. The molecule has 0 fully saturated rings. The largest absolute Gasteiger partial charge is 0.456 e. The van der Waals surface area contributed by atoms with Crippen LogP contribution in [0, 0.1) is 0 Å². The second kappa shape index (κ2) is 10.7. The molecule has 210 valence electrons. The van der Waals surface area contributed by atoms with Crippen molar-refractivity contribution in [1.29, 1.82) is 0 Å². The minimum absolute atomic E-state index is 0.806. The van der Waals surface area contributed by atoms with Gasteiger partial charge in [-0.3, -0.25) is 0 Å². The van der Waals surface area contributed by atoms with E-state index in [0.29, 0.717) is 0 Å². The molecule has 1 aromatic heterocycles. The Morgan fingerprint density at radius 1 is 0.727 bits per heavy atom. The van der Waals surface area contributed by atoms with Crippen molar-refractivity contribution in [2.45, 2.75) is 19.8 Å². The molecule has 44 heavy (non-hydrogen) atoms. The molecule has 7 aromatic rings. The second-order valence-corrected chi connectivity index (χ2v) is 11.7. The van der Waals surface area contributed by atoms with Gasteiger partial charge in [-0.25, -0.2) is 0 Å². The molecule has 1 heterocycles. The maximum atomic E-state index is 6.17. The predicted molar refractivity (Wildman–Crippen MR) is 189 cm³/mol. The molecule has 0 saturated heterocycles. The summed E-state index contributed by atoms with van der Waals surface area (Å²) in [4.78, 5) is 0. The smallest absolute Gasteiger partial charge is 0.135 e. The van der Waals surface area contributed by atoms with Crippen molar-refractivity contribution in [3.8, 4) is 22.3 Å². The molecule has 6 aromatic carbocycles. The highest BCUT2D eigenvalue weighted by Gasteiger charge is 2.22. The molecule has 0 bridgehead atoms. The van der Waals surface area contributed by atoms with Crippen molar-refractivity contribution >= 4 is 56.8 Å². The summed E-state index contributed by atoms with van der Waals surface area (Å²) in [5, 5.41) is 7.07. The van der Waals surface area contributed by atoms with Crippen LogP contribution < -0.4 is 10.6 Å². The first-order valence-electron chi connectivity index (χ1n) is 15.4. The summed E-state index contributed by atoms with van der Waals surface area (Å²) in [6.45, 7) is 6.53. The molecule has 1 aliphatic carbocycles. The molecular formula is C43H32O. The highest BCUT2D eigenvalue weighted by molar-refractivity contribution is 6.09. The van der Waals surface area contributed by atoms with Gasteiger partial charge in [0.05, 0.1) is 0 Å². The van der Waals surface area contributed by atoms with Crippen LogP contribution in [-0.2, 0) is 6.42 Å². The Bertz CT molecular complexity index is 2410. The van der Waals surface area contributed by atoms with E-state index in [4.69, 9.17) is 4.42 Å². The average Bonchev–Trinajstić information content (AvgIpc) is 3.40. The summed E-state index contributed by atoms with van der Waals surface area (Å²) in [6, 6.07) is 41.4. The van der Waals surface area contributed by atoms with Crippen LogP contribution in [0.15, 0.2) is 132 Å². The zero-order valence-electron chi connectivity index (χ0n) is 24.8. The second-order valence-electron chi connectivity index (χ2n) is 11.7. The van der Waals surface area contributed by atoms with E-state index in [9.17, 15) is 0 Å². The third-order valence-electron chi connectivity index (χ3n) is 9.07. The number of allylic oxidation sites excluding steroid dienone is 3. The van der Waals surface area contributed by atoms with Crippen LogP contribution in [-0.4, -0.2) is 0 Å². The van der Waals surface area contributed by atoms with Gasteiger partial charge in [-0.2, -0.15) is 0 Å². The molecular weight excluding hydrogens is 532 g/mol. The zero-order valence-corrected chi connectivity index (χ0v) is 24.8. The van der Waals surface area contributed by atoms with Crippen LogP contribution in [0.2, 0.25) is 0 Å². The molecule has 0 amide bonds. The van der Waals surface area contributed by atoms with Crippen LogP contribution in [0.3, 0.4) is 0 Å². The zero-order chi connectivity index (χ0) is 29.6. The third-order valence-corrected chi connectivity index (χ3v) is 9.07. The van der Waals surface area contributed by atoms with Gasteiger partial charge in [-0.15, -0.1) is 0 Å². The van der Waals surface area contributed by atoms with Gasteiger partial charge in [-0.1, -0.05) is 128 Å². The first-order valence-corrected chi connectivity index (χ1v) is 15.4. The van der Waals surface area contributed by atoms with Gasteiger partial charge in [0.15, 0.2) is 0 Å². The summed E-state index contributed by atoms with van der Waals surface area (Å²) in [7, 11) is 0. The first kappa shape index (κ1) is 26.2. The summed E-state index contributed by atoms with van der Waals surface area (Å²) >= 11 is 0. The van der Waals surface area contributed by atoms with E-state index in [2.05, 4.69) is 135 Å². The fourth-order valence-electron chi connectivity index (χ4n) is 6.96. The number of benzene rings is 6. The first-order chi connectivity index (χ1) is 21.7. The Balaban J connectivity index is 1.36. The van der Waals surface area contributed by atoms with Crippen molar-refractivity contribution in [2.24, 2.45) is 0 Å². The lowest BCUT2D eigenvalue weighted by atomic mass is 9.79. The molecule has 8 rings (SSSR count). The number of para-hydroxylation sites is 1. The minimum atomic E-state index is 0.806. The maximum Gasteiger partial charge on any atom is 0.135 e. The molecule has 0 saturated carbocycles. The van der Waals surface area contributed by atoms with E-state index < -0.39 is 0 Å². The third kappa shape index (κ3) is 4.32. The van der Waals surface area contributed by atoms with Crippen molar-refractivity contribution in [3.05, 3.63) is 155 Å². The Morgan fingerprint density at radius 3 is 2.27 bits per heavy atom. The highest BCUT2D eigenvalue weighted by atomic mass is 16.3. The number of rotatable bonds is 4. The van der Waals surface area contributed by atoms with E-state index >= 15 is 0 Å². The van der Waals surface area contributed by atoms with Gasteiger partial charge in [0, 0.05) is 10.6 Å². The van der Waals surface area contributed by atoms with Gasteiger partial charge in [0.25, 0.3) is 0 Å². The maximum absolute atomic E-state index is 6.17. The van der Waals surface area contributed by atoms with E-state index in [1.165, 1.54) is 66.1 Å². The Hall–Kier alpha value is -5.40. The molecule has 0 atom stereocenters. The molecule has 0 spiro atoms. The van der Waals surface area contributed by atoms with Gasteiger partial charge in [0.1, 0.15) is 11.0 Å². The number of hydrogen-bond donors (Lipinski definition) is 0. The summed E-state index contributed by atoms with van der Waals surface area (Å²) < 4.78 is 6.17. The quantitative estimate of drug-likeness (QED) is 0.207. The average molecular weight is 565 g/mol. The minimum Gasteiger partial charge on any atom is -0.456 e. The highest BCUT2D eigenvalue weighted by Crippen LogP contribution is 2.45. The van der Waals surface area contributed by atoms with Crippen molar-refractivity contribution < 1.29 is 4.42 Å². The summed E-state index contributed by atoms with van der Waals surface area (Å²) in [5.74, 6) is 0. The predicted octanol–water partition coefficient (Wildman–Crippen LogP) is 10.3. The van der Waals surface area contributed by atoms with Crippen LogP contribution in [0.1, 0.15) is 30.0 Å². The van der Waals surface area contributed by atoms with Gasteiger partial charge >= 0.3 is 0 Å². The number of fused-ring (bicyclic) bond motifs is 4. The van der Waals surface area contributed by atoms with E-state index in [0.717, 1.165) is 34.4 Å². The Morgan fingerprint density at radius 2 is 1.43 bits per heavy atom. The van der Waals surface area contributed by atoms with Crippen LogP contribution in [0.4, 0.5) is 0 Å². The van der Waals surface area contributed by atoms with Gasteiger partial charge in [0.2, 0.25) is 0 Å². The van der Waals surface area contributed by atoms with Crippen molar-refractivity contribution in [1.82, 2.24) is 0 Å². The Kier molecular flexibility index (Phi) is 6.38. The van der Waals surface area contributed by atoms with Crippen molar-refractivity contribution in [2.75, 3.05) is 0 Å². The lowest BCUT2D eigenvalue weighted by Gasteiger charge is -2.25. The fourth-order valence-corrected chi connectivity index (χ4v) is 6.96. The van der Waals surface area contributed by atoms with E-state index in [1.807, 2.05) is 18.2 Å². The van der Waals surface area contributed by atoms with Crippen LogP contribution in [0.25, 0.3) is 79.1 Å². The lowest BCUT2D eigenvalue weighted by Crippen LogP contribution is -2.17. The molecule has 0 aliphatic heterocycles. The molecule has 0 N–H and O–H groups in total. The monoisotopic (exact) mass is 564 g/mol. The molecule has 0 radical (unpaired) electrons. The van der Waals surface area contributed by atoms with Gasteiger partial charge < -0.3 is 4.42 Å². The van der Waals surface area contributed by atoms with Crippen LogP contribution >= 0.6 is 0 Å². The molecule has 0 unspecified atom stereocenters. The SMILES string of the molecule is C=c1/c(=C\C=C(/C)c2c3c(c(-c4ccccc4-c4ccc5ccccc5c4)c4ccccc24)CCC=C3)oc2ccccc12. The normalized spacial score (nSPS) is 13.7. The Labute approximate surface area is 257 Å². The number of hydrogen-bond acceptors (Lipinski definition) is 1. The summed E-state index contributed by atoms with van der Waals surface area (Å²) in [5.41, 5.74) is 12.1. The summed E-state index contributed by atoms with van der Waals surface area (Å²) in [6.07, 6.45) is 11.0. The van der Waals surface area contributed by atoms with E-state index in [-0.39, 0.29) is 0 Å². The molecule has 1 nitrogen and oxygen atoms in total. The molecule has 1 aliphatic rings. The van der Waals surface area contributed by atoms with Crippen molar-refractivity contribution in [3.63, 3.8) is 0 Å². The lowest BCUT2D eigenvalue weighted by molar-refractivity contribution is 0.576. The number of furan rings is 1. The fraction of sp³-hybridized carbons (Fsp3) is 0.0698. The van der Waals surface area contributed by atoms with Gasteiger partial charge in [-0.05, 0) is 104 Å².